The van der Waals surface area contributed by atoms with Gasteiger partial charge in [-0.05, 0) is 0 Å². The second-order valence-corrected chi connectivity index (χ2v) is 1.79. The van der Waals surface area contributed by atoms with Crippen LogP contribution in [0, 0.1) is 0 Å². The molecule has 4 nitrogen and oxygen atoms in total. The summed E-state index contributed by atoms with van der Waals surface area (Å²) in [6.45, 7) is -0.120. The van der Waals surface area contributed by atoms with Gasteiger partial charge in [-0.3, -0.25) is 4.18 Å². The molecule has 1 atom stereocenters. The zero-order valence-corrected chi connectivity index (χ0v) is 5.47. The topological polar surface area (TPSA) is 69.6 Å². The Kier molecular flexibility index (Phi) is 5.75. The van der Waals surface area contributed by atoms with E-state index < -0.39 is 11.4 Å². The summed E-state index contributed by atoms with van der Waals surface area (Å²) in [5.74, 6) is 0. The van der Waals surface area contributed by atoms with Crippen molar-refractivity contribution in [3.05, 3.63) is 12.2 Å². The summed E-state index contributed by atoms with van der Waals surface area (Å²) in [5.41, 5.74) is 0. The van der Waals surface area contributed by atoms with Gasteiger partial charge >= 0.3 is 0 Å². The summed E-state index contributed by atoms with van der Waals surface area (Å²) < 4.78 is 23.4. The first-order valence-corrected chi connectivity index (χ1v) is 3.25. The molecule has 0 heterocycles. The van der Waals surface area contributed by atoms with Gasteiger partial charge in [0, 0.05) is 0 Å². The van der Waals surface area contributed by atoms with E-state index in [1.165, 1.54) is 12.2 Å². The maximum Gasteiger partial charge on any atom is 0.0845 e. The van der Waals surface area contributed by atoms with Crippen molar-refractivity contribution >= 4 is 11.4 Å². The van der Waals surface area contributed by atoms with E-state index in [4.69, 9.17) is 5.11 Å². The molecule has 0 spiro atoms. The lowest BCUT2D eigenvalue weighted by Gasteiger charge is -2.00. The highest BCUT2D eigenvalue weighted by Gasteiger charge is 1.76. The molecule has 0 saturated heterocycles. The van der Waals surface area contributed by atoms with Crippen molar-refractivity contribution in [3.63, 3.8) is 0 Å². The summed E-state index contributed by atoms with van der Waals surface area (Å²) >= 11 is -2.45. The molecule has 0 aromatic carbocycles. The van der Waals surface area contributed by atoms with E-state index in [1.54, 1.807) is 0 Å². The van der Waals surface area contributed by atoms with Crippen LogP contribution < -0.4 is 0 Å². The number of hydrogen-bond acceptors (Lipinski definition) is 4. The van der Waals surface area contributed by atoms with Crippen LogP contribution in [0.4, 0.5) is 0 Å². The molecule has 0 rings (SSSR count). The lowest BCUT2D eigenvalue weighted by molar-refractivity contribution is 0.326. The van der Waals surface area contributed by atoms with Crippen molar-refractivity contribution < 1.29 is 18.1 Å². The molecule has 0 aromatic heterocycles. The van der Waals surface area contributed by atoms with Crippen LogP contribution in [0.15, 0.2) is 12.2 Å². The molecule has 0 fully saturated rings. The van der Waals surface area contributed by atoms with Crippen molar-refractivity contribution in [2.24, 2.45) is 0 Å². The highest BCUT2D eigenvalue weighted by Crippen LogP contribution is 1.79. The Morgan fingerprint density at radius 3 is 2.78 bits per heavy atom. The third kappa shape index (κ3) is 7.77. The molecule has 0 radical (unpaired) electrons. The Hall–Kier alpha value is -0.230. The van der Waals surface area contributed by atoms with Crippen LogP contribution in [0.25, 0.3) is 0 Å². The molecule has 1 unspecified atom stereocenters. The minimum absolute atomic E-state index is 0.0172. The van der Waals surface area contributed by atoms with E-state index >= 15 is 0 Å². The lowest BCUT2D eigenvalue weighted by atomic mass is 10.5. The predicted molar refractivity (Wildman–Crippen MR) is 31.1 cm³/mol. The highest BCUT2D eigenvalue weighted by molar-refractivity contribution is 7.74. The predicted octanol–water partition coefficient (Wildman–Crippen LogP) is -0.654. The fourth-order valence-electron chi connectivity index (χ4n) is 0.237. The van der Waals surface area contributed by atoms with E-state index in [-0.39, 0.29) is 13.2 Å². The molecule has 0 amide bonds. The van der Waals surface area contributed by atoms with Crippen molar-refractivity contribution in [1.82, 2.24) is 0 Å². The Bertz CT molecular complexity index is 111. The summed E-state index contributed by atoms with van der Waals surface area (Å²) in [6, 6.07) is 0. The Morgan fingerprint density at radius 1 is 1.67 bits per heavy atom. The van der Waals surface area contributed by atoms with Gasteiger partial charge < -0.3 is 9.66 Å². The van der Waals surface area contributed by atoms with Crippen LogP contribution in [0.2, 0.25) is 0 Å². The Labute approximate surface area is 55.6 Å². The normalized spacial score (nSPS) is 14.4. The van der Waals surface area contributed by atoms with Gasteiger partial charge in [-0.25, -0.2) is 4.21 Å². The van der Waals surface area contributed by atoms with Crippen molar-refractivity contribution in [2.45, 2.75) is 0 Å². The van der Waals surface area contributed by atoms with Gasteiger partial charge in [-0.2, -0.15) is 0 Å². The van der Waals surface area contributed by atoms with Gasteiger partial charge in [0.2, 0.25) is 0 Å². The van der Waals surface area contributed by atoms with E-state index in [9.17, 15) is 8.76 Å². The molecule has 5 heteroatoms. The SMILES string of the molecule is O=S([O-])OCC=CCO. The summed E-state index contributed by atoms with van der Waals surface area (Å²) in [7, 11) is 0. The number of hydrogen-bond donors (Lipinski definition) is 1. The van der Waals surface area contributed by atoms with Gasteiger partial charge in [0.15, 0.2) is 0 Å². The first-order valence-electron chi connectivity index (χ1n) is 2.25. The van der Waals surface area contributed by atoms with E-state index in [0.29, 0.717) is 0 Å². The van der Waals surface area contributed by atoms with Crippen molar-refractivity contribution in [1.29, 1.82) is 0 Å². The van der Waals surface area contributed by atoms with Gasteiger partial charge in [-0.1, -0.05) is 12.2 Å². The van der Waals surface area contributed by atoms with Crippen LogP contribution in [-0.2, 0) is 15.5 Å². The number of rotatable bonds is 4. The maximum atomic E-state index is 9.64. The van der Waals surface area contributed by atoms with Gasteiger partial charge in [0.25, 0.3) is 0 Å². The number of aliphatic hydroxyl groups excluding tert-OH is 1. The standard InChI is InChI=1S/C4H8O4S/c5-3-1-2-4-8-9(6)7/h1-2,5H,3-4H2,(H,6,7)/p-1. The van der Waals surface area contributed by atoms with Crippen LogP contribution in [0.3, 0.4) is 0 Å². The zero-order chi connectivity index (χ0) is 7.11. The minimum Gasteiger partial charge on any atom is -0.750 e. The van der Waals surface area contributed by atoms with Crippen LogP contribution in [0.1, 0.15) is 0 Å². The molecule has 0 aromatic rings. The second-order valence-electron chi connectivity index (χ2n) is 1.14. The first-order chi connectivity index (χ1) is 4.27. The molecule has 1 N–H and O–H groups in total. The maximum absolute atomic E-state index is 9.64. The molecule has 54 valence electrons. The molecule has 0 saturated carbocycles. The van der Waals surface area contributed by atoms with Gasteiger partial charge in [-0.15, -0.1) is 0 Å². The Morgan fingerprint density at radius 2 is 2.33 bits per heavy atom. The van der Waals surface area contributed by atoms with Crippen molar-refractivity contribution in [3.8, 4) is 0 Å². The van der Waals surface area contributed by atoms with Crippen LogP contribution >= 0.6 is 0 Å². The quantitative estimate of drug-likeness (QED) is 0.428. The zero-order valence-electron chi connectivity index (χ0n) is 4.65. The Balaban J connectivity index is 3.09. The average molecular weight is 151 g/mol. The second kappa shape index (κ2) is 5.90. The van der Waals surface area contributed by atoms with E-state index in [0.717, 1.165) is 0 Å². The largest absolute Gasteiger partial charge is 0.750 e. The van der Waals surface area contributed by atoms with Gasteiger partial charge in [0.05, 0.1) is 24.6 Å². The van der Waals surface area contributed by atoms with Gasteiger partial charge in [0.1, 0.15) is 0 Å². The molecular weight excluding hydrogens is 144 g/mol. The number of aliphatic hydroxyl groups is 1. The fourth-order valence-corrected chi connectivity index (χ4v) is 0.427. The smallest absolute Gasteiger partial charge is 0.0845 e. The fraction of sp³-hybridized carbons (Fsp3) is 0.500. The first kappa shape index (κ1) is 8.77. The van der Waals surface area contributed by atoms with E-state index in [1.807, 2.05) is 0 Å². The molecular formula is C4H7O4S-. The molecule has 0 aliphatic heterocycles. The highest BCUT2D eigenvalue weighted by atomic mass is 32.2. The molecule has 0 aliphatic carbocycles. The summed E-state index contributed by atoms with van der Waals surface area (Å²) in [4.78, 5) is 0. The molecule has 9 heavy (non-hydrogen) atoms. The average Bonchev–Trinajstić information content (AvgIpc) is 1.80. The van der Waals surface area contributed by atoms with Crippen LogP contribution in [-0.4, -0.2) is 27.1 Å². The third-order valence-electron chi connectivity index (χ3n) is 0.533. The monoisotopic (exact) mass is 151 g/mol. The molecule has 0 bridgehead atoms. The summed E-state index contributed by atoms with van der Waals surface area (Å²) in [6.07, 6.45) is 2.81. The third-order valence-corrected chi connectivity index (χ3v) is 0.861. The van der Waals surface area contributed by atoms with Crippen molar-refractivity contribution in [2.75, 3.05) is 13.2 Å². The summed E-state index contributed by atoms with van der Waals surface area (Å²) in [5, 5.41) is 8.14. The lowest BCUT2D eigenvalue weighted by Crippen LogP contribution is -1.94. The van der Waals surface area contributed by atoms with Crippen LogP contribution in [0.5, 0.6) is 0 Å². The minimum atomic E-state index is -2.45. The molecule has 0 aliphatic rings. The van der Waals surface area contributed by atoms with E-state index in [2.05, 4.69) is 4.18 Å².